The summed E-state index contributed by atoms with van der Waals surface area (Å²) in [5.41, 5.74) is 0. The van der Waals surface area contributed by atoms with Crippen LogP contribution in [0.5, 0.6) is 0 Å². The van der Waals surface area contributed by atoms with Crippen LogP contribution < -0.4 is 0 Å². The molecule has 0 unspecified atom stereocenters. The highest BCUT2D eigenvalue weighted by Gasteiger charge is 2.41. The van der Waals surface area contributed by atoms with Crippen LogP contribution in [0.15, 0.2) is 32.9 Å². The van der Waals surface area contributed by atoms with E-state index in [0.29, 0.717) is 59.5 Å². The molecule has 1 aromatic carbocycles. The molecular weight excluding hydrogens is 757 g/mol. The molecule has 0 saturated carbocycles. The fourth-order valence-corrected chi connectivity index (χ4v) is 17.0. The van der Waals surface area contributed by atoms with Gasteiger partial charge in [-0.3, -0.25) is 0 Å². The van der Waals surface area contributed by atoms with Crippen LogP contribution in [0.25, 0.3) is 0 Å². The van der Waals surface area contributed by atoms with E-state index in [1.807, 2.05) is 97.6 Å². The molecule has 0 aliphatic carbocycles. The number of rotatable bonds is 36. The van der Waals surface area contributed by atoms with Crippen LogP contribution in [-0.2, 0) is 39.8 Å². The largest absolute Gasteiger partial charge is 0.500 e. The molecule has 0 amide bonds. The van der Waals surface area contributed by atoms with E-state index in [4.69, 9.17) is 39.8 Å². The molecule has 0 aliphatic heterocycles. The van der Waals surface area contributed by atoms with Gasteiger partial charge in [0, 0.05) is 92.3 Å². The van der Waals surface area contributed by atoms with E-state index in [0.717, 1.165) is 73.9 Å². The maximum absolute atomic E-state index is 6.07. The summed E-state index contributed by atoms with van der Waals surface area (Å²) in [6, 6.07) is 9.68. The Labute approximate surface area is 328 Å². The average Bonchev–Trinajstić information content (AvgIpc) is 3.09. The molecule has 0 spiro atoms. The highest BCUT2D eigenvalue weighted by atomic mass is 32.2. The van der Waals surface area contributed by atoms with E-state index < -0.39 is 26.4 Å². The topological polar surface area (TPSA) is 83.1 Å². The van der Waals surface area contributed by atoms with E-state index in [-0.39, 0.29) is 0 Å². The summed E-state index contributed by atoms with van der Waals surface area (Å²) in [6.45, 7) is 23.7. The molecule has 300 valence electrons. The Morgan fingerprint density at radius 2 is 0.529 bits per heavy atom. The number of benzene rings is 1. The van der Waals surface area contributed by atoms with Crippen molar-refractivity contribution in [2.75, 3.05) is 76.7 Å². The Hall–Kier alpha value is 0.561. The minimum Gasteiger partial charge on any atom is -0.374 e. The van der Waals surface area contributed by atoms with Crippen molar-refractivity contribution in [3.63, 3.8) is 0 Å². The molecule has 0 fully saturated rings. The molecule has 1 rings (SSSR count). The highest BCUT2D eigenvalue weighted by molar-refractivity contribution is 8.00. The van der Waals surface area contributed by atoms with E-state index in [2.05, 4.69) is 18.2 Å². The molecular formula is C36H72O9S3Si3. The lowest BCUT2D eigenvalue weighted by molar-refractivity contribution is 0.0700. The fraction of sp³-hybridized carbons (Fsp3) is 0.833. The van der Waals surface area contributed by atoms with Crippen LogP contribution in [0.4, 0.5) is 0 Å². The number of thioether (sulfide) groups is 3. The molecule has 0 aliphatic rings. The first-order valence-corrected chi connectivity index (χ1v) is 28.3. The first-order valence-electron chi connectivity index (χ1n) is 19.6. The van der Waals surface area contributed by atoms with Crippen molar-refractivity contribution >= 4 is 61.7 Å². The predicted molar refractivity (Wildman–Crippen MR) is 223 cm³/mol. The molecule has 1 aromatic rings. The van der Waals surface area contributed by atoms with Crippen LogP contribution in [0.2, 0.25) is 18.1 Å². The third kappa shape index (κ3) is 20.9. The van der Waals surface area contributed by atoms with Gasteiger partial charge in [0.1, 0.15) is 0 Å². The quantitative estimate of drug-likeness (QED) is 0.0367. The third-order valence-electron chi connectivity index (χ3n) is 7.57. The molecule has 0 aromatic heterocycles. The Morgan fingerprint density at radius 1 is 0.333 bits per heavy atom. The van der Waals surface area contributed by atoms with Crippen molar-refractivity contribution < 1.29 is 39.8 Å². The minimum atomic E-state index is -2.60. The van der Waals surface area contributed by atoms with Crippen molar-refractivity contribution in [3.8, 4) is 0 Å². The maximum Gasteiger partial charge on any atom is 0.500 e. The van der Waals surface area contributed by atoms with Crippen molar-refractivity contribution in [3.05, 3.63) is 18.2 Å². The van der Waals surface area contributed by atoms with Gasteiger partial charge in [-0.25, -0.2) is 0 Å². The second-order valence-corrected chi connectivity index (χ2v) is 23.2. The normalized spacial score (nSPS) is 12.6. The summed E-state index contributed by atoms with van der Waals surface area (Å²) < 4.78 is 54.6. The summed E-state index contributed by atoms with van der Waals surface area (Å²) >= 11 is 5.83. The monoisotopic (exact) mass is 828 g/mol. The summed E-state index contributed by atoms with van der Waals surface area (Å²) in [5.74, 6) is 3.14. The summed E-state index contributed by atoms with van der Waals surface area (Å²) in [4.78, 5) is 3.99. The van der Waals surface area contributed by atoms with Gasteiger partial charge in [-0.05, 0) is 136 Å². The van der Waals surface area contributed by atoms with Crippen molar-refractivity contribution in [2.24, 2.45) is 0 Å². The molecule has 0 bridgehead atoms. The van der Waals surface area contributed by atoms with Gasteiger partial charge >= 0.3 is 26.4 Å². The molecule has 51 heavy (non-hydrogen) atoms. The van der Waals surface area contributed by atoms with E-state index in [9.17, 15) is 0 Å². The molecule has 0 atom stereocenters. The molecule has 0 N–H and O–H groups in total. The predicted octanol–water partition coefficient (Wildman–Crippen LogP) is 10.4. The zero-order valence-electron chi connectivity index (χ0n) is 33.5. The number of unbranched alkanes of at least 4 members (excludes halogenated alkanes) is 3. The van der Waals surface area contributed by atoms with Crippen molar-refractivity contribution in [1.82, 2.24) is 0 Å². The van der Waals surface area contributed by atoms with E-state index in [1.165, 1.54) is 14.7 Å². The molecule has 15 heteroatoms. The van der Waals surface area contributed by atoms with Crippen LogP contribution >= 0.6 is 35.3 Å². The van der Waals surface area contributed by atoms with Gasteiger partial charge in [-0.15, -0.1) is 35.3 Å². The Bertz CT molecular complexity index is 805. The maximum atomic E-state index is 6.07. The Morgan fingerprint density at radius 3 is 0.706 bits per heavy atom. The standard InChI is InChI=1S/C36H72O9S3Si3/c1-10-37-49(38-11-2,39-12-3)28-22-19-25-46-34-31-35(47-26-20-23-29-50(40-13-4,41-14-5)42-15-6)33-36(32-34)48-27-21-24-30-51(43-16-7,44-17-8)45-18-9/h31-33H,10-30H2,1-9H3. The number of hydrogen-bond acceptors (Lipinski definition) is 12. The van der Waals surface area contributed by atoms with Gasteiger partial charge in [-0.2, -0.15) is 0 Å². The summed E-state index contributed by atoms with van der Waals surface area (Å²) in [6.07, 6.45) is 6.35. The van der Waals surface area contributed by atoms with E-state index in [1.54, 1.807) is 0 Å². The van der Waals surface area contributed by atoms with Gasteiger partial charge in [0.25, 0.3) is 0 Å². The lowest BCUT2D eigenvalue weighted by atomic mass is 10.4. The zero-order chi connectivity index (χ0) is 37.7. The van der Waals surface area contributed by atoms with Crippen LogP contribution in [0.1, 0.15) is 101 Å². The first kappa shape index (κ1) is 49.6. The smallest absolute Gasteiger partial charge is 0.374 e. The van der Waals surface area contributed by atoms with Gasteiger partial charge in [0.15, 0.2) is 0 Å². The van der Waals surface area contributed by atoms with Crippen molar-refractivity contribution in [2.45, 2.75) is 134 Å². The van der Waals surface area contributed by atoms with Crippen LogP contribution in [0, 0.1) is 0 Å². The lowest BCUT2D eigenvalue weighted by Crippen LogP contribution is -2.45. The minimum absolute atomic E-state index is 0.620. The lowest BCUT2D eigenvalue weighted by Gasteiger charge is -2.28. The molecule has 0 saturated heterocycles. The highest BCUT2D eigenvalue weighted by Crippen LogP contribution is 2.34. The second kappa shape index (κ2) is 30.7. The Balaban J connectivity index is 2.89. The van der Waals surface area contributed by atoms with Gasteiger partial charge in [-0.1, -0.05) is 0 Å². The van der Waals surface area contributed by atoms with Crippen LogP contribution in [-0.4, -0.2) is 103 Å². The first-order chi connectivity index (χ1) is 24.8. The summed E-state index contributed by atoms with van der Waals surface area (Å²) in [5, 5.41) is 0. The fourth-order valence-electron chi connectivity index (χ4n) is 5.70. The molecule has 9 nitrogen and oxygen atoms in total. The van der Waals surface area contributed by atoms with Gasteiger partial charge in [0.2, 0.25) is 0 Å². The Kier molecular flexibility index (Phi) is 29.9. The van der Waals surface area contributed by atoms with Crippen molar-refractivity contribution in [1.29, 1.82) is 0 Å². The number of hydrogen-bond donors (Lipinski definition) is 0. The summed E-state index contributed by atoms with van der Waals surface area (Å²) in [7, 11) is -7.79. The second-order valence-electron chi connectivity index (χ2n) is 11.5. The van der Waals surface area contributed by atoms with Gasteiger partial charge < -0.3 is 39.8 Å². The zero-order valence-corrected chi connectivity index (χ0v) is 38.9. The molecule has 0 radical (unpaired) electrons. The van der Waals surface area contributed by atoms with E-state index >= 15 is 0 Å². The van der Waals surface area contributed by atoms with Gasteiger partial charge in [0.05, 0.1) is 0 Å². The van der Waals surface area contributed by atoms with Crippen LogP contribution in [0.3, 0.4) is 0 Å². The average molecular weight is 829 g/mol. The third-order valence-corrected chi connectivity index (χ3v) is 20.2. The molecule has 0 heterocycles. The SMILES string of the molecule is CCO[Si](CCCCSc1cc(SCCCC[Si](OCC)(OCC)OCC)cc(SCCCC[Si](OCC)(OCC)OCC)c1)(OCC)OCC.